The topological polar surface area (TPSA) is 60.9 Å². The van der Waals surface area contributed by atoms with Crippen molar-refractivity contribution in [3.8, 4) is 11.6 Å². The van der Waals surface area contributed by atoms with Crippen LogP contribution in [-0.4, -0.2) is 26.3 Å². The summed E-state index contributed by atoms with van der Waals surface area (Å²) in [5.74, 6) is 1.95. The molecule has 6 heteroatoms. The van der Waals surface area contributed by atoms with E-state index in [1.807, 2.05) is 43.3 Å². The maximum absolute atomic E-state index is 12.6. The molecule has 0 atom stereocenters. The molecule has 0 aliphatic heterocycles. The van der Waals surface area contributed by atoms with Crippen molar-refractivity contribution in [3.63, 3.8) is 0 Å². The van der Waals surface area contributed by atoms with E-state index >= 15 is 0 Å². The van der Waals surface area contributed by atoms with Gasteiger partial charge in [-0.05, 0) is 31.9 Å². The second kappa shape index (κ2) is 8.13. The molecule has 140 valence electrons. The first-order valence-corrected chi connectivity index (χ1v) is 10.4. The molecule has 2 heterocycles. The minimum atomic E-state index is 0.109. The van der Waals surface area contributed by atoms with Gasteiger partial charge in [-0.2, -0.15) is 0 Å². The maximum Gasteiger partial charge on any atom is 0.200 e. The third-order valence-electron chi connectivity index (χ3n) is 5.05. The standard InChI is InChI=1S/C21H23N3O2S/c1-15-9-11-16(12-10-15)18(25)14-27-21-23-22-20(19-8-5-13-26-19)24(21)17-6-3-2-4-7-17/h5,8-13,17H,2-4,6-7,14H2,1H3. The van der Waals surface area contributed by atoms with Gasteiger partial charge in [0.2, 0.25) is 5.82 Å². The Bertz CT molecular complexity index is 894. The van der Waals surface area contributed by atoms with Crippen molar-refractivity contribution in [3.05, 3.63) is 53.8 Å². The average molecular weight is 382 g/mol. The highest BCUT2D eigenvalue weighted by molar-refractivity contribution is 7.99. The number of carbonyl (C=O) groups excluding carboxylic acids is 1. The number of ketones is 1. The number of hydrogen-bond acceptors (Lipinski definition) is 5. The second-order valence-electron chi connectivity index (χ2n) is 7.02. The van der Waals surface area contributed by atoms with Crippen LogP contribution in [0.3, 0.4) is 0 Å². The average Bonchev–Trinajstić information content (AvgIpc) is 3.37. The Balaban J connectivity index is 1.56. The number of aryl methyl sites for hydroxylation is 1. The molecular weight excluding hydrogens is 358 g/mol. The van der Waals surface area contributed by atoms with E-state index in [1.165, 1.54) is 31.0 Å². The third-order valence-corrected chi connectivity index (χ3v) is 5.99. The summed E-state index contributed by atoms with van der Waals surface area (Å²) in [4.78, 5) is 12.6. The zero-order valence-electron chi connectivity index (χ0n) is 15.4. The van der Waals surface area contributed by atoms with E-state index < -0.39 is 0 Å². The fraction of sp³-hybridized carbons (Fsp3) is 0.381. The Morgan fingerprint density at radius 1 is 1.15 bits per heavy atom. The second-order valence-corrected chi connectivity index (χ2v) is 7.97. The predicted octanol–water partition coefficient (Wildman–Crippen LogP) is 5.33. The normalized spacial score (nSPS) is 15.1. The highest BCUT2D eigenvalue weighted by Crippen LogP contribution is 2.35. The number of aromatic nitrogens is 3. The first-order valence-electron chi connectivity index (χ1n) is 9.44. The Kier molecular flexibility index (Phi) is 5.43. The summed E-state index contributed by atoms with van der Waals surface area (Å²) >= 11 is 1.46. The molecule has 3 aromatic rings. The number of Topliss-reactive ketones (excluding diaryl/α,β-unsaturated/α-hetero) is 1. The molecule has 1 saturated carbocycles. The van der Waals surface area contributed by atoms with Gasteiger partial charge in [0.25, 0.3) is 0 Å². The Hall–Kier alpha value is -2.34. The molecule has 0 saturated heterocycles. The molecule has 4 rings (SSSR count). The van der Waals surface area contributed by atoms with Gasteiger partial charge >= 0.3 is 0 Å². The van der Waals surface area contributed by atoms with Crippen molar-refractivity contribution in [2.45, 2.75) is 50.2 Å². The van der Waals surface area contributed by atoms with Crippen molar-refractivity contribution in [2.24, 2.45) is 0 Å². The Morgan fingerprint density at radius 2 is 1.93 bits per heavy atom. The molecule has 0 radical (unpaired) electrons. The molecular formula is C21H23N3O2S. The van der Waals surface area contributed by atoms with Crippen LogP contribution < -0.4 is 0 Å². The van der Waals surface area contributed by atoms with Gasteiger partial charge in [0.1, 0.15) is 0 Å². The molecule has 2 aromatic heterocycles. The zero-order chi connectivity index (χ0) is 18.6. The lowest BCUT2D eigenvalue weighted by molar-refractivity contribution is 0.102. The first-order chi connectivity index (χ1) is 13.2. The molecule has 1 aliphatic rings. The summed E-state index contributed by atoms with van der Waals surface area (Å²) in [5.41, 5.74) is 1.89. The molecule has 1 aromatic carbocycles. The Morgan fingerprint density at radius 3 is 2.63 bits per heavy atom. The van der Waals surface area contributed by atoms with Gasteiger partial charge in [-0.15, -0.1) is 10.2 Å². The summed E-state index contributed by atoms with van der Waals surface area (Å²) < 4.78 is 7.76. The molecule has 0 unspecified atom stereocenters. The number of thioether (sulfide) groups is 1. The highest BCUT2D eigenvalue weighted by Gasteiger charge is 2.25. The predicted molar refractivity (Wildman–Crippen MR) is 106 cm³/mol. The van der Waals surface area contributed by atoms with Gasteiger partial charge in [-0.3, -0.25) is 9.36 Å². The van der Waals surface area contributed by atoms with Gasteiger partial charge in [-0.1, -0.05) is 60.9 Å². The van der Waals surface area contributed by atoms with Crippen LogP contribution in [0.5, 0.6) is 0 Å². The van der Waals surface area contributed by atoms with Crippen molar-refractivity contribution in [2.75, 3.05) is 5.75 Å². The SMILES string of the molecule is Cc1ccc(C(=O)CSc2nnc(-c3ccco3)n2C2CCCCC2)cc1. The van der Waals surface area contributed by atoms with E-state index in [4.69, 9.17) is 4.42 Å². The molecule has 5 nitrogen and oxygen atoms in total. The van der Waals surface area contributed by atoms with Crippen molar-refractivity contribution in [1.29, 1.82) is 0 Å². The van der Waals surface area contributed by atoms with Crippen molar-refractivity contribution >= 4 is 17.5 Å². The van der Waals surface area contributed by atoms with E-state index in [0.717, 1.165) is 40.7 Å². The van der Waals surface area contributed by atoms with Gasteiger partial charge in [0, 0.05) is 11.6 Å². The summed E-state index contributed by atoms with van der Waals surface area (Å²) in [6, 6.07) is 11.9. The monoisotopic (exact) mass is 381 g/mol. The number of nitrogens with zero attached hydrogens (tertiary/aromatic N) is 3. The third kappa shape index (κ3) is 4.00. The van der Waals surface area contributed by atoms with Crippen LogP contribution in [0.15, 0.2) is 52.2 Å². The highest BCUT2D eigenvalue weighted by atomic mass is 32.2. The van der Waals surface area contributed by atoms with Crippen molar-refractivity contribution < 1.29 is 9.21 Å². The summed E-state index contributed by atoms with van der Waals surface area (Å²) in [6.07, 6.45) is 7.60. The first kappa shape index (κ1) is 18.0. The van der Waals surface area contributed by atoms with E-state index in [1.54, 1.807) is 6.26 Å². The van der Waals surface area contributed by atoms with E-state index in [0.29, 0.717) is 11.8 Å². The fourth-order valence-corrected chi connectivity index (χ4v) is 4.47. The van der Waals surface area contributed by atoms with Crippen LogP contribution in [0.25, 0.3) is 11.6 Å². The van der Waals surface area contributed by atoms with Crippen LogP contribution >= 0.6 is 11.8 Å². The lowest BCUT2D eigenvalue weighted by atomic mass is 9.95. The lowest BCUT2D eigenvalue weighted by Crippen LogP contribution is -2.15. The number of rotatable bonds is 6. The van der Waals surface area contributed by atoms with Crippen LogP contribution in [0.1, 0.15) is 54.1 Å². The number of furan rings is 1. The molecule has 0 N–H and O–H groups in total. The molecule has 1 aliphatic carbocycles. The van der Waals surface area contributed by atoms with Gasteiger partial charge < -0.3 is 4.42 Å². The molecule has 27 heavy (non-hydrogen) atoms. The molecule has 0 spiro atoms. The zero-order valence-corrected chi connectivity index (χ0v) is 16.2. The maximum atomic E-state index is 12.6. The van der Waals surface area contributed by atoms with E-state index in [2.05, 4.69) is 14.8 Å². The van der Waals surface area contributed by atoms with Crippen molar-refractivity contribution in [1.82, 2.24) is 14.8 Å². The summed E-state index contributed by atoms with van der Waals surface area (Å²) in [6.45, 7) is 2.02. The molecule has 0 amide bonds. The van der Waals surface area contributed by atoms with Crippen LogP contribution in [0.2, 0.25) is 0 Å². The molecule has 1 fully saturated rings. The van der Waals surface area contributed by atoms with Crippen LogP contribution in [-0.2, 0) is 0 Å². The summed E-state index contributed by atoms with van der Waals surface area (Å²) in [5, 5.41) is 9.57. The number of benzene rings is 1. The van der Waals surface area contributed by atoms with E-state index in [9.17, 15) is 4.79 Å². The smallest absolute Gasteiger partial charge is 0.200 e. The molecule has 0 bridgehead atoms. The quantitative estimate of drug-likeness (QED) is 0.427. The Labute approximate surface area is 163 Å². The largest absolute Gasteiger partial charge is 0.461 e. The number of hydrogen-bond donors (Lipinski definition) is 0. The van der Waals surface area contributed by atoms with Gasteiger partial charge in [-0.25, -0.2) is 0 Å². The van der Waals surface area contributed by atoms with Gasteiger partial charge in [0.15, 0.2) is 16.7 Å². The van der Waals surface area contributed by atoms with E-state index in [-0.39, 0.29) is 5.78 Å². The minimum absolute atomic E-state index is 0.109. The van der Waals surface area contributed by atoms with Crippen LogP contribution in [0, 0.1) is 6.92 Å². The lowest BCUT2D eigenvalue weighted by Gasteiger charge is -2.25. The van der Waals surface area contributed by atoms with Crippen LogP contribution in [0.4, 0.5) is 0 Å². The number of carbonyl (C=O) groups is 1. The minimum Gasteiger partial charge on any atom is -0.461 e. The van der Waals surface area contributed by atoms with Gasteiger partial charge in [0.05, 0.1) is 12.0 Å². The fourth-order valence-electron chi connectivity index (χ4n) is 3.57. The summed E-state index contributed by atoms with van der Waals surface area (Å²) in [7, 11) is 0.